The summed E-state index contributed by atoms with van der Waals surface area (Å²) in [4.78, 5) is 7.00. The lowest BCUT2D eigenvalue weighted by molar-refractivity contribution is 0.160. The lowest BCUT2D eigenvalue weighted by Gasteiger charge is -2.32. The van der Waals surface area contributed by atoms with Gasteiger partial charge in [0.25, 0.3) is 0 Å². The van der Waals surface area contributed by atoms with Gasteiger partial charge in [0.15, 0.2) is 11.5 Å². The highest BCUT2D eigenvalue weighted by Crippen LogP contribution is 2.41. The summed E-state index contributed by atoms with van der Waals surface area (Å²) in [6, 6.07) is 4.43. The zero-order valence-electron chi connectivity index (χ0n) is 16.3. The second-order valence-electron chi connectivity index (χ2n) is 7.43. The molecule has 0 N–H and O–H groups in total. The molecule has 0 bridgehead atoms. The van der Waals surface area contributed by atoms with Crippen LogP contribution in [-0.4, -0.2) is 53.9 Å². The van der Waals surface area contributed by atoms with Gasteiger partial charge in [0.05, 0.1) is 38.5 Å². The zero-order chi connectivity index (χ0) is 18.6. The molecule has 2 aromatic rings. The van der Waals surface area contributed by atoms with Gasteiger partial charge in [-0.15, -0.1) is 0 Å². The molecule has 6 nitrogen and oxygen atoms in total. The molecule has 1 fully saturated rings. The van der Waals surface area contributed by atoms with E-state index in [4.69, 9.17) is 14.2 Å². The fourth-order valence-corrected chi connectivity index (χ4v) is 4.01. The Bertz CT molecular complexity index is 768. The van der Waals surface area contributed by atoms with Gasteiger partial charge in [-0.2, -0.15) is 0 Å². The summed E-state index contributed by atoms with van der Waals surface area (Å²) in [5.74, 6) is 2.31. The Morgan fingerprint density at radius 1 is 1.07 bits per heavy atom. The molecule has 1 saturated heterocycles. The van der Waals surface area contributed by atoms with E-state index in [0.717, 1.165) is 41.5 Å². The minimum Gasteiger partial charge on any atom is -0.496 e. The molecule has 0 amide bonds. The quantitative estimate of drug-likeness (QED) is 0.804. The summed E-state index contributed by atoms with van der Waals surface area (Å²) < 4.78 is 19.6. The molecule has 4 rings (SSSR count). The van der Waals surface area contributed by atoms with E-state index < -0.39 is 0 Å². The van der Waals surface area contributed by atoms with Crippen LogP contribution >= 0.6 is 0 Å². The molecule has 0 unspecified atom stereocenters. The summed E-state index contributed by atoms with van der Waals surface area (Å²) in [6.07, 6.45) is 8.67. The summed E-state index contributed by atoms with van der Waals surface area (Å²) in [7, 11) is 1.69. The van der Waals surface area contributed by atoms with Crippen LogP contribution in [0.4, 0.5) is 0 Å². The number of aromatic nitrogens is 2. The van der Waals surface area contributed by atoms with Crippen molar-refractivity contribution in [3.05, 3.63) is 24.7 Å². The molecule has 0 spiro atoms. The summed E-state index contributed by atoms with van der Waals surface area (Å²) in [5.41, 5.74) is 2.04. The van der Waals surface area contributed by atoms with Gasteiger partial charge in [-0.25, -0.2) is 4.98 Å². The van der Waals surface area contributed by atoms with E-state index in [1.54, 1.807) is 7.11 Å². The third-order valence-electron chi connectivity index (χ3n) is 5.53. The van der Waals surface area contributed by atoms with E-state index in [0.29, 0.717) is 19.3 Å². The summed E-state index contributed by atoms with van der Waals surface area (Å²) in [6.45, 7) is 6.94. The summed E-state index contributed by atoms with van der Waals surface area (Å²) in [5, 5.41) is 0. The van der Waals surface area contributed by atoms with E-state index in [1.807, 2.05) is 24.7 Å². The van der Waals surface area contributed by atoms with Crippen molar-refractivity contribution in [1.82, 2.24) is 14.5 Å². The second-order valence-corrected chi connectivity index (χ2v) is 7.43. The molecule has 27 heavy (non-hydrogen) atoms. The molecule has 1 aromatic carbocycles. The van der Waals surface area contributed by atoms with Crippen molar-refractivity contribution in [3.63, 3.8) is 0 Å². The average molecular weight is 371 g/mol. The first-order valence-electron chi connectivity index (χ1n) is 9.98. The van der Waals surface area contributed by atoms with Crippen molar-refractivity contribution in [3.8, 4) is 28.5 Å². The van der Waals surface area contributed by atoms with Gasteiger partial charge in [0, 0.05) is 30.6 Å². The van der Waals surface area contributed by atoms with E-state index >= 15 is 0 Å². The van der Waals surface area contributed by atoms with Crippen LogP contribution < -0.4 is 14.2 Å². The maximum absolute atomic E-state index is 5.88. The van der Waals surface area contributed by atoms with E-state index in [2.05, 4.69) is 21.4 Å². The van der Waals surface area contributed by atoms with Crippen molar-refractivity contribution in [2.45, 2.75) is 45.2 Å². The Labute approximate surface area is 161 Å². The normalized spacial score (nSPS) is 18.7. The molecular weight excluding hydrogens is 342 g/mol. The number of nitrogens with zero attached hydrogens (tertiary/aromatic N) is 3. The largest absolute Gasteiger partial charge is 0.496 e. The molecule has 2 aliphatic heterocycles. The number of rotatable bonds is 5. The third-order valence-corrected chi connectivity index (χ3v) is 5.53. The number of imidazole rings is 1. The van der Waals surface area contributed by atoms with Crippen LogP contribution in [0.2, 0.25) is 0 Å². The van der Waals surface area contributed by atoms with E-state index in [1.165, 1.54) is 32.4 Å². The fraction of sp³-hybridized carbons (Fsp3) is 0.571. The minimum absolute atomic E-state index is 0.477. The van der Waals surface area contributed by atoms with Gasteiger partial charge < -0.3 is 18.8 Å². The monoisotopic (exact) mass is 371 g/mol. The van der Waals surface area contributed by atoms with Crippen LogP contribution in [0, 0.1) is 0 Å². The second kappa shape index (κ2) is 8.21. The fourth-order valence-electron chi connectivity index (χ4n) is 4.01. The first-order valence-corrected chi connectivity index (χ1v) is 9.98. The highest BCUT2D eigenvalue weighted by molar-refractivity contribution is 5.72. The lowest BCUT2D eigenvalue weighted by Crippen LogP contribution is -2.39. The lowest BCUT2D eigenvalue weighted by atomic mass is 10.1. The molecule has 146 valence electrons. The highest BCUT2D eigenvalue weighted by atomic mass is 16.5. The van der Waals surface area contributed by atoms with Crippen LogP contribution in [0.3, 0.4) is 0 Å². The number of hydrogen-bond donors (Lipinski definition) is 0. The van der Waals surface area contributed by atoms with Gasteiger partial charge in [0.1, 0.15) is 5.75 Å². The molecule has 2 aliphatic rings. The SMILES string of the molecule is COc1cc2c(cc1-c1cncn1C[C@H](C)N1CCCCC1)OCCCO2. The predicted molar refractivity (Wildman–Crippen MR) is 105 cm³/mol. The van der Waals surface area contributed by atoms with E-state index in [-0.39, 0.29) is 0 Å². The molecule has 3 heterocycles. The number of piperidine rings is 1. The maximum Gasteiger partial charge on any atom is 0.164 e. The Hall–Kier alpha value is -2.21. The standard InChI is InChI=1S/C21H29N3O3/c1-16(23-7-4-3-5-8-23)14-24-15-22-13-18(24)17-11-20-21(12-19(17)25-2)27-10-6-9-26-20/h11-13,15-16H,3-10,14H2,1-2H3/t16-/m0/s1. The Morgan fingerprint density at radius 2 is 1.81 bits per heavy atom. The van der Waals surface area contributed by atoms with Crippen LogP contribution in [0.1, 0.15) is 32.6 Å². The number of hydrogen-bond acceptors (Lipinski definition) is 5. The van der Waals surface area contributed by atoms with Gasteiger partial charge in [-0.1, -0.05) is 6.42 Å². The highest BCUT2D eigenvalue weighted by Gasteiger charge is 2.21. The number of ether oxygens (including phenoxy) is 3. The number of benzene rings is 1. The van der Waals surface area contributed by atoms with Crippen molar-refractivity contribution < 1.29 is 14.2 Å². The Kier molecular flexibility index (Phi) is 5.53. The third kappa shape index (κ3) is 3.90. The van der Waals surface area contributed by atoms with Crippen LogP contribution in [0.5, 0.6) is 17.2 Å². The molecule has 1 atom stereocenters. The summed E-state index contributed by atoms with van der Waals surface area (Å²) >= 11 is 0. The van der Waals surface area contributed by atoms with Crippen LogP contribution in [-0.2, 0) is 6.54 Å². The van der Waals surface area contributed by atoms with Gasteiger partial charge in [-0.3, -0.25) is 4.90 Å². The Morgan fingerprint density at radius 3 is 2.56 bits per heavy atom. The topological polar surface area (TPSA) is 48.8 Å². The molecule has 0 radical (unpaired) electrons. The van der Waals surface area contributed by atoms with E-state index in [9.17, 15) is 0 Å². The van der Waals surface area contributed by atoms with Crippen molar-refractivity contribution >= 4 is 0 Å². The molecule has 6 heteroatoms. The molecule has 1 aromatic heterocycles. The van der Waals surface area contributed by atoms with Crippen molar-refractivity contribution in [1.29, 1.82) is 0 Å². The molecule has 0 aliphatic carbocycles. The van der Waals surface area contributed by atoms with Crippen LogP contribution in [0.15, 0.2) is 24.7 Å². The number of methoxy groups -OCH3 is 1. The zero-order valence-corrected chi connectivity index (χ0v) is 16.3. The number of fused-ring (bicyclic) bond motifs is 1. The first-order chi connectivity index (χ1) is 13.3. The van der Waals surface area contributed by atoms with Crippen molar-refractivity contribution in [2.24, 2.45) is 0 Å². The van der Waals surface area contributed by atoms with Gasteiger partial charge in [-0.05, 0) is 38.9 Å². The maximum atomic E-state index is 5.88. The van der Waals surface area contributed by atoms with Gasteiger partial charge in [0.2, 0.25) is 0 Å². The molecular formula is C21H29N3O3. The predicted octanol–water partition coefficient (Wildman–Crippen LogP) is 3.59. The van der Waals surface area contributed by atoms with Crippen LogP contribution in [0.25, 0.3) is 11.3 Å². The smallest absolute Gasteiger partial charge is 0.164 e. The number of likely N-dealkylation sites (tertiary alicyclic amines) is 1. The Balaban J connectivity index is 1.62. The average Bonchev–Trinajstić information content (AvgIpc) is 3.03. The van der Waals surface area contributed by atoms with Gasteiger partial charge >= 0.3 is 0 Å². The first kappa shape index (κ1) is 18.2. The van der Waals surface area contributed by atoms with Crippen molar-refractivity contribution in [2.75, 3.05) is 33.4 Å². The minimum atomic E-state index is 0.477. The molecule has 0 saturated carbocycles.